The monoisotopic (exact) mass is 382 g/mol. The van der Waals surface area contributed by atoms with Crippen molar-refractivity contribution in [3.63, 3.8) is 0 Å². The van der Waals surface area contributed by atoms with E-state index in [9.17, 15) is 0 Å². The maximum atomic E-state index is 2.69. The molecule has 29 heavy (non-hydrogen) atoms. The molecule has 0 aliphatic carbocycles. The van der Waals surface area contributed by atoms with Crippen LogP contribution >= 0.6 is 0 Å². The van der Waals surface area contributed by atoms with Crippen LogP contribution < -0.4 is 0 Å². The third-order valence-electron chi connectivity index (χ3n) is 6.70. The molecule has 2 heterocycles. The summed E-state index contributed by atoms with van der Waals surface area (Å²) in [6.07, 6.45) is 1.19. The Morgan fingerprint density at radius 1 is 0.690 bits per heavy atom. The lowest BCUT2D eigenvalue weighted by Crippen LogP contribution is -2.36. The van der Waals surface area contributed by atoms with Crippen LogP contribution in [0.25, 0.3) is 0 Å². The van der Waals surface area contributed by atoms with E-state index in [1.807, 2.05) is 0 Å². The summed E-state index contributed by atoms with van der Waals surface area (Å²) in [5.41, 5.74) is 5.99. The second-order valence-corrected chi connectivity index (χ2v) is 8.71. The van der Waals surface area contributed by atoms with Crippen LogP contribution in [-0.4, -0.2) is 36.0 Å². The average Bonchev–Trinajstić information content (AvgIpc) is 3.17. The van der Waals surface area contributed by atoms with Crippen molar-refractivity contribution in [3.05, 3.63) is 107 Å². The summed E-state index contributed by atoms with van der Waals surface area (Å²) >= 11 is 0. The van der Waals surface area contributed by atoms with Gasteiger partial charge in [-0.15, -0.1) is 0 Å². The number of nitrogens with zero attached hydrogens (tertiary/aromatic N) is 2. The molecule has 0 N–H and O–H groups in total. The van der Waals surface area contributed by atoms with Crippen molar-refractivity contribution < 1.29 is 0 Å². The van der Waals surface area contributed by atoms with Gasteiger partial charge in [0, 0.05) is 45.2 Å². The predicted octanol–water partition coefficient (Wildman–Crippen LogP) is 4.96. The number of hydrogen-bond acceptors (Lipinski definition) is 2. The first-order chi connectivity index (χ1) is 14.3. The Labute approximate surface area is 174 Å². The third-order valence-corrected chi connectivity index (χ3v) is 6.70. The fourth-order valence-corrected chi connectivity index (χ4v) is 5.24. The molecule has 0 saturated carbocycles. The molecule has 0 spiro atoms. The lowest BCUT2D eigenvalue weighted by Gasteiger charge is -2.32. The van der Waals surface area contributed by atoms with Gasteiger partial charge in [0.1, 0.15) is 0 Å². The largest absolute Gasteiger partial charge is 0.298 e. The summed E-state index contributed by atoms with van der Waals surface area (Å²) in [5, 5.41) is 0. The molecular formula is C27H30N2. The van der Waals surface area contributed by atoms with Crippen molar-refractivity contribution in [1.29, 1.82) is 0 Å². The van der Waals surface area contributed by atoms with Gasteiger partial charge in [0.25, 0.3) is 0 Å². The topological polar surface area (TPSA) is 6.48 Å². The van der Waals surface area contributed by atoms with Crippen LogP contribution in [0.2, 0.25) is 0 Å². The Kier molecular flexibility index (Phi) is 5.47. The number of rotatable bonds is 5. The normalized spacial score (nSPS) is 22.5. The van der Waals surface area contributed by atoms with E-state index in [2.05, 4.69) is 94.7 Å². The maximum absolute atomic E-state index is 2.69. The van der Waals surface area contributed by atoms with Gasteiger partial charge in [0.15, 0.2) is 0 Å². The summed E-state index contributed by atoms with van der Waals surface area (Å²) in [5.74, 6) is 1.31. The first kappa shape index (κ1) is 18.6. The highest BCUT2D eigenvalue weighted by Gasteiger charge is 2.35. The first-order valence-electron chi connectivity index (χ1n) is 11.0. The molecule has 0 radical (unpaired) electrons. The lowest BCUT2D eigenvalue weighted by molar-refractivity contribution is 0.204. The smallest absolute Gasteiger partial charge is 0.0236 e. The molecular weight excluding hydrogens is 352 g/mol. The molecule has 1 fully saturated rings. The van der Waals surface area contributed by atoms with Crippen molar-refractivity contribution in [2.75, 3.05) is 26.2 Å². The molecule has 0 aromatic heterocycles. The highest BCUT2D eigenvalue weighted by molar-refractivity contribution is 5.29. The van der Waals surface area contributed by atoms with Gasteiger partial charge in [-0.2, -0.15) is 0 Å². The van der Waals surface area contributed by atoms with Crippen LogP contribution in [0.5, 0.6) is 0 Å². The van der Waals surface area contributed by atoms with Crippen LogP contribution in [0.1, 0.15) is 28.2 Å². The highest BCUT2D eigenvalue weighted by Crippen LogP contribution is 2.35. The summed E-state index contributed by atoms with van der Waals surface area (Å²) in [4.78, 5) is 5.35. The lowest BCUT2D eigenvalue weighted by atomic mass is 9.88. The minimum atomic E-state index is 0.622. The summed E-state index contributed by atoms with van der Waals surface area (Å²) in [7, 11) is 0. The van der Waals surface area contributed by atoms with E-state index in [0.29, 0.717) is 11.8 Å². The molecule has 2 unspecified atom stereocenters. The standard InChI is InChI=1S/C27H30N2/c1-3-9-22(10-4-1)17-29-20-26(27(21-29)24-12-5-2-6-13-24)19-28-16-15-23-11-7-8-14-25(23)18-28/h1-14,26-27H,15-21H2. The van der Waals surface area contributed by atoms with Crippen LogP contribution in [0.15, 0.2) is 84.9 Å². The van der Waals surface area contributed by atoms with E-state index in [0.717, 1.165) is 19.6 Å². The molecule has 5 rings (SSSR count). The van der Waals surface area contributed by atoms with Gasteiger partial charge in [-0.1, -0.05) is 84.9 Å². The number of likely N-dealkylation sites (tertiary alicyclic amines) is 1. The van der Waals surface area contributed by atoms with Crippen LogP contribution in [-0.2, 0) is 19.5 Å². The van der Waals surface area contributed by atoms with Gasteiger partial charge in [-0.3, -0.25) is 9.80 Å². The highest BCUT2D eigenvalue weighted by atomic mass is 15.2. The van der Waals surface area contributed by atoms with Crippen LogP contribution in [0, 0.1) is 5.92 Å². The number of benzene rings is 3. The minimum Gasteiger partial charge on any atom is -0.298 e. The zero-order chi connectivity index (χ0) is 19.5. The molecule has 2 aliphatic rings. The van der Waals surface area contributed by atoms with Gasteiger partial charge >= 0.3 is 0 Å². The fourth-order valence-electron chi connectivity index (χ4n) is 5.24. The Bertz CT molecular complexity index is 922. The van der Waals surface area contributed by atoms with Crippen LogP contribution in [0.3, 0.4) is 0 Å². The molecule has 2 atom stereocenters. The number of fused-ring (bicyclic) bond motifs is 1. The SMILES string of the molecule is c1ccc(CN2CC(CN3CCc4ccccc4C3)C(c3ccccc3)C2)cc1. The Balaban J connectivity index is 1.32. The summed E-state index contributed by atoms with van der Waals surface area (Å²) < 4.78 is 0. The van der Waals surface area contributed by atoms with Crippen molar-refractivity contribution >= 4 is 0 Å². The first-order valence-corrected chi connectivity index (χ1v) is 11.0. The minimum absolute atomic E-state index is 0.622. The van der Waals surface area contributed by atoms with E-state index in [-0.39, 0.29) is 0 Å². The Hall–Kier alpha value is -2.42. The maximum Gasteiger partial charge on any atom is 0.0236 e. The Morgan fingerprint density at radius 3 is 2.17 bits per heavy atom. The van der Waals surface area contributed by atoms with E-state index in [4.69, 9.17) is 0 Å². The molecule has 3 aromatic carbocycles. The van der Waals surface area contributed by atoms with E-state index in [1.54, 1.807) is 5.56 Å². The molecule has 3 aromatic rings. The van der Waals surface area contributed by atoms with Crippen molar-refractivity contribution in [3.8, 4) is 0 Å². The molecule has 1 saturated heterocycles. The quantitative estimate of drug-likeness (QED) is 0.615. The third kappa shape index (κ3) is 4.29. The van der Waals surface area contributed by atoms with Gasteiger partial charge in [-0.05, 0) is 34.6 Å². The molecule has 0 bridgehead atoms. The van der Waals surface area contributed by atoms with Gasteiger partial charge in [0.2, 0.25) is 0 Å². The van der Waals surface area contributed by atoms with E-state index in [1.165, 1.54) is 42.7 Å². The zero-order valence-electron chi connectivity index (χ0n) is 17.1. The summed E-state index contributed by atoms with van der Waals surface area (Å²) in [6, 6.07) is 31.1. The molecule has 0 amide bonds. The van der Waals surface area contributed by atoms with E-state index >= 15 is 0 Å². The van der Waals surface area contributed by atoms with Crippen LogP contribution in [0.4, 0.5) is 0 Å². The fraction of sp³-hybridized carbons (Fsp3) is 0.333. The second kappa shape index (κ2) is 8.52. The molecule has 2 nitrogen and oxygen atoms in total. The van der Waals surface area contributed by atoms with Gasteiger partial charge in [-0.25, -0.2) is 0 Å². The predicted molar refractivity (Wildman–Crippen MR) is 120 cm³/mol. The van der Waals surface area contributed by atoms with E-state index < -0.39 is 0 Å². The Morgan fingerprint density at radius 2 is 1.38 bits per heavy atom. The second-order valence-electron chi connectivity index (χ2n) is 8.71. The van der Waals surface area contributed by atoms with Gasteiger partial charge < -0.3 is 0 Å². The summed E-state index contributed by atoms with van der Waals surface area (Å²) in [6.45, 7) is 6.89. The van der Waals surface area contributed by atoms with Crippen molar-refractivity contribution in [1.82, 2.24) is 9.80 Å². The van der Waals surface area contributed by atoms with Crippen molar-refractivity contribution in [2.24, 2.45) is 5.92 Å². The van der Waals surface area contributed by atoms with Gasteiger partial charge in [0.05, 0.1) is 0 Å². The average molecular weight is 383 g/mol. The number of hydrogen-bond donors (Lipinski definition) is 0. The molecule has 2 aliphatic heterocycles. The molecule has 2 heteroatoms. The molecule has 148 valence electrons. The van der Waals surface area contributed by atoms with Crippen molar-refractivity contribution in [2.45, 2.75) is 25.4 Å². The zero-order valence-corrected chi connectivity index (χ0v) is 17.1.